The van der Waals surface area contributed by atoms with Crippen LogP contribution in [0.1, 0.15) is 29.3 Å². The Bertz CT molecular complexity index is 409. The fraction of sp³-hybridized carbons (Fsp3) is 0.333. The van der Waals surface area contributed by atoms with Crippen molar-refractivity contribution in [2.45, 2.75) is 25.9 Å². The van der Waals surface area contributed by atoms with Gasteiger partial charge in [-0.15, -0.1) is 0 Å². The molecule has 1 aliphatic carbocycles. The molecular weight excluding hydrogens is 192 g/mol. The van der Waals surface area contributed by atoms with Crippen LogP contribution in [-0.2, 0) is 16.0 Å². The molecular formula is C12H12O3. The molecule has 0 fully saturated rings. The van der Waals surface area contributed by atoms with Crippen molar-refractivity contribution in [3.63, 3.8) is 0 Å². The van der Waals surface area contributed by atoms with Crippen LogP contribution in [0.15, 0.2) is 24.3 Å². The zero-order valence-corrected chi connectivity index (χ0v) is 8.53. The molecule has 1 unspecified atom stereocenters. The smallest absolute Gasteiger partial charge is 0.302 e. The zero-order chi connectivity index (χ0) is 10.8. The molecule has 3 nitrogen and oxygen atoms in total. The van der Waals surface area contributed by atoms with Crippen LogP contribution in [0.5, 0.6) is 0 Å². The maximum Gasteiger partial charge on any atom is 0.302 e. The van der Waals surface area contributed by atoms with Crippen molar-refractivity contribution in [1.82, 2.24) is 0 Å². The van der Waals surface area contributed by atoms with Crippen molar-refractivity contribution < 1.29 is 14.3 Å². The number of ether oxygens (including phenoxy) is 1. The van der Waals surface area contributed by atoms with Crippen LogP contribution in [0.2, 0.25) is 0 Å². The van der Waals surface area contributed by atoms with Crippen molar-refractivity contribution in [3.8, 4) is 0 Å². The van der Waals surface area contributed by atoms with Crippen LogP contribution in [0.3, 0.4) is 0 Å². The molecule has 1 atom stereocenters. The first-order valence-electron chi connectivity index (χ1n) is 4.95. The van der Waals surface area contributed by atoms with Gasteiger partial charge in [-0.05, 0) is 5.56 Å². The molecule has 0 aliphatic heterocycles. The minimum atomic E-state index is -0.327. The summed E-state index contributed by atoms with van der Waals surface area (Å²) in [5.41, 5.74) is 1.74. The Morgan fingerprint density at radius 3 is 2.80 bits per heavy atom. The Morgan fingerprint density at radius 2 is 2.07 bits per heavy atom. The van der Waals surface area contributed by atoms with Crippen molar-refractivity contribution in [1.29, 1.82) is 0 Å². The highest BCUT2D eigenvalue weighted by Gasteiger charge is 2.26. The van der Waals surface area contributed by atoms with E-state index in [1.54, 1.807) is 0 Å². The summed E-state index contributed by atoms with van der Waals surface area (Å²) in [6.45, 7) is 1.37. The van der Waals surface area contributed by atoms with Crippen LogP contribution >= 0.6 is 0 Å². The molecule has 0 saturated heterocycles. The molecule has 0 heterocycles. The van der Waals surface area contributed by atoms with Gasteiger partial charge in [0.1, 0.15) is 6.10 Å². The van der Waals surface area contributed by atoms with Gasteiger partial charge in [-0.2, -0.15) is 0 Å². The van der Waals surface area contributed by atoms with Crippen LogP contribution in [0.4, 0.5) is 0 Å². The number of carbonyl (C=O) groups excluding carboxylic acids is 2. The maximum atomic E-state index is 11.7. The molecule has 3 heteroatoms. The van der Waals surface area contributed by atoms with E-state index in [2.05, 4.69) is 0 Å². The van der Waals surface area contributed by atoms with E-state index in [9.17, 15) is 9.59 Å². The zero-order valence-electron chi connectivity index (χ0n) is 8.53. The third-order valence-corrected chi connectivity index (χ3v) is 2.51. The number of ketones is 1. The van der Waals surface area contributed by atoms with E-state index in [0.29, 0.717) is 12.8 Å². The summed E-state index contributed by atoms with van der Waals surface area (Å²) in [5.74, 6) is -0.268. The van der Waals surface area contributed by atoms with E-state index in [0.717, 1.165) is 11.1 Å². The van der Waals surface area contributed by atoms with Gasteiger partial charge in [0.25, 0.3) is 0 Å². The average molecular weight is 204 g/mol. The number of Topliss-reactive ketones (excluding diaryl/α,β-unsaturated/α-hetero) is 1. The molecule has 0 N–H and O–H groups in total. The number of benzene rings is 1. The van der Waals surface area contributed by atoms with E-state index in [4.69, 9.17) is 4.74 Å². The Morgan fingerprint density at radius 1 is 1.33 bits per heavy atom. The van der Waals surface area contributed by atoms with Crippen LogP contribution in [-0.4, -0.2) is 17.9 Å². The lowest BCUT2D eigenvalue weighted by Gasteiger charge is -2.22. The van der Waals surface area contributed by atoms with Crippen LogP contribution in [0.25, 0.3) is 0 Å². The lowest BCUT2D eigenvalue weighted by atomic mass is 9.89. The predicted molar refractivity (Wildman–Crippen MR) is 54.6 cm³/mol. The molecule has 0 aromatic heterocycles. The van der Waals surface area contributed by atoms with Gasteiger partial charge < -0.3 is 4.74 Å². The van der Waals surface area contributed by atoms with Crippen LogP contribution < -0.4 is 0 Å². The Labute approximate surface area is 88.1 Å². The first kappa shape index (κ1) is 9.90. The second-order valence-corrected chi connectivity index (χ2v) is 3.72. The quantitative estimate of drug-likeness (QED) is 0.654. The van der Waals surface area contributed by atoms with Gasteiger partial charge in [-0.1, -0.05) is 24.3 Å². The van der Waals surface area contributed by atoms with E-state index in [-0.39, 0.29) is 17.9 Å². The monoisotopic (exact) mass is 204 g/mol. The van der Waals surface area contributed by atoms with Crippen molar-refractivity contribution in [2.24, 2.45) is 0 Å². The minimum absolute atomic E-state index is 0.0584. The summed E-state index contributed by atoms with van der Waals surface area (Å²) in [6, 6.07) is 7.47. The summed E-state index contributed by atoms with van der Waals surface area (Å²) in [5, 5.41) is 0. The third-order valence-electron chi connectivity index (χ3n) is 2.51. The number of hydrogen-bond donors (Lipinski definition) is 0. The highest BCUT2D eigenvalue weighted by molar-refractivity contribution is 5.99. The largest absolute Gasteiger partial charge is 0.462 e. The minimum Gasteiger partial charge on any atom is -0.462 e. The summed E-state index contributed by atoms with van der Waals surface area (Å²) in [6.07, 6.45) is 0.655. The van der Waals surface area contributed by atoms with Gasteiger partial charge in [0.2, 0.25) is 0 Å². The van der Waals surface area contributed by atoms with Gasteiger partial charge in [0, 0.05) is 25.3 Å². The molecule has 0 radical (unpaired) electrons. The van der Waals surface area contributed by atoms with Gasteiger partial charge in [0.05, 0.1) is 0 Å². The lowest BCUT2D eigenvalue weighted by molar-refractivity contribution is -0.146. The molecule has 2 rings (SSSR count). The fourth-order valence-corrected chi connectivity index (χ4v) is 1.92. The average Bonchev–Trinajstić information content (AvgIpc) is 2.16. The van der Waals surface area contributed by atoms with Crippen molar-refractivity contribution in [2.75, 3.05) is 0 Å². The normalized spacial score (nSPS) is 19.5. The number of esters is 1. The predicted octanol–water partition coefficient (Wildman–Crippen LogP) is 1.75. The van der Waals surface area contributed by atoms with E-state index >= 15 is 0 Å². The number of fused-ring (bicyclic) bond motifs is 1. The molecule has 15 heavy (non-hydrogen) atoms. The van der Waals surface area contributed by atoms with E-state index in [1.165, 1.54) is 6.92 Å². The molecule has 0 amide bonds. The van der Waals surface area contributed by atoms with Gasteiger partial charge >= 0.3 is 5.97 Å². The molecule has 1 aliphatic rings. The summed E-state index contributed by atoms with van der Waals surface area (Å²) < 4.78 is 5.06. The number of carbonyl (C=O) groups is 2. The third kappa shape index (κ3) is 2.06. The molecule has 0 saturated carbocycles. The SMILES string of the molecule is CC(=O)OC1CC(=O)c2ccccc2C1. The summed E-state index contributed by atoms with van der Waals surface area (Å²) in [7, 11) is 0. The second kappa shape index (κ2) is 3.85. The van der Waals surface area contributed by atoms with Crippen molar-refractivity contribution in [3.05, 3.63) is 35.4 Å². The molecule has 1 aromatic rings. The van der Waals surface area contributed by atoms with E-state index < -0.39 is 0 Å². The molecule has 0 bridgehead atoms. The van der Waals surface area contributed by atoms with Crippen molar-refractivity contribution >= 4 is 11.8 Å². The highest BCUT2D eigenvalue weighted by atomic mass is 16.5. The fourth-order valence-electron chi connectivity index (χ4n) is 1.92. The summed E-state index contributed by atoms with van der Waals surface area (Å²) in [4.78, 5) is 22.5. The van der Waals surface area contributed by atoms with Gasteiger partial charge in [-0.3, -0.25) is 9.59 Å². The van der Waals surface area contributed by atoms with E-state index in [1.807, 2.05) is 24.3 Å². The highest BCUT2D eigenvalue weighted by Crippen LogP contribution is 2.22. The van der Waals surface area contributed by atoms with Gasteiger partial charge in [-0.25, -0.2) is 0 Å². The molecule has 78 valence electrons. The summed E-state index contributed by atoms with van der Waals surface area (Å²) >= 11 is 0. The lowest BCUT2D eigenvalue weighted by Crippen LogP contribution is -2.28. The number of hydrogen-bond acceptors (Lipinski definition) is 3. The molecule has 0 spiro atoms. The first-order chi connectivity index (χ1) is 7.16. The Hall–Kier alpha value is -1.64. The number of rotatable bonds is 1. The Kier molecular flexibility index (Phi) is 2.54. The van der Waals surface area contributed by atoms with Gasteiger partial charge in [0.15, 0.2) is 5.78 Å². The molecule has 1 aromatic carbocycles. The second-order valence-electron chi connectivity index (χ2n) is 3.72. The maximum absolute atomic E-state index is 11.7. The standard InChI is InChI=1S/C12H12O3/c1-8(13)15-10-6-9-4-2-3-5-11(9)12(14)7-10/h2-5,10H,6-7H2,1H3. The first-order valence-corrected chi connectivity index (χ1v) is 4.95. The Balaban J connectivity index is 2.23. The topological polar surface area (TPSA) is 43.4 Å². The van der Waals surface area contributed by atoms with Crippen LogP contribution in [0, 0.1) is 0 Å².